The lowest BCUT2D eigenvalue weighted by atomic mass is 9.86. The van der Waals surface area contributed by atoms with Gasteiger partial charge in [0.1, 0.15) is 0 Å². The molecule has 0 aliphatic heterocycles. The zero-order valence-corrected chi connectivity index (χ0v) is 6.75. The van der Waals surface area contributed by atoms with E-state index in [0.29, 0.717) is 0 Å². The molecule has 2 atom stereocenters. The van der Waals surface area contributed by atoms with Crippen LogP contribution in [0.15, 0.2) is 0 Å². The Morgan fingerprint density at radius 1 is 1.45 bits per heavy atom. The third-order valence-corrected chi connectivity index (χ3v) is 2.32. The molecule has 1 fully saturated rings. The Labute approximate surface area is 66.4 Å². The van der Waals surface area contributed by atoms with Crippen LogP contribution in [-0.4, -0.2) is 24.3 Å². The summed E-state index contributed by atoms with van der Waals surface area (Å²) in [7, 11) is 1.59. The summed E-state index contributed by atoms with van der Waals surface area (Å²) in [5.41, 5.74) is 0. The van der Waals surface area contributed by atoms with Crippen molar-refractivity contribution in [2.45, 2.75) is 31.8 Å². The monoisotopic (exact) mass is 158 g/mol. The van der Waals surface area contributed by atoms with E-state index in [9.17, 15) is 4.79 Å². The molecule has 0 heterocycles. The number of carboxylic acids is 1. The lowest BCUT2D eigenvalue weighted by molar-refractivity contribution is -0.148. The second kappa shape index (κ2) is 3.72. The van der Waals surface area contributed by atoms with Crippen molar-refractivity contribution < 1.29 is 14.6 Å². The molecular weight excluding hydrogens is 144 g/mol. The van der Waals surface area contributed by atoms with Crippen molar-refractivity contribution in [3.8, 4) is 0 Å². The zero-order valence-electron chi connectivity index (χ0n) is 6.75. The molecule has 0 saturated heterocycles. The number of hydrogen-bond acceptors (Lipinski definition) is 2. The SMILES string of the molecule is COC1CCCCC1C(=O)O. The van der Waals surface area contributed by atoms with E-state index in [-0.39, 0.29) is 12.0 Å². The van der Waals surface area contributed by atoms with Crippen molar-refractivity contribution in [3.05, 3.63) is 0 Å². The summed E-state index contributed by atoms with van der Waals surface area (Å²) in [6.07, 6.45) is 3.74. The van der Waals surface area contributed by atoms with Crippen LogP contribution in [0, 0.1) is 5.92 Å². The van der Waals surface area contributed by atoms with Gasteiger partial charge in [0, 0.05) is 7.11 Å². The maximum Gasteiger partial charge on any atom is 0.309 e. The first-order valence-corrected chi connectivity index (χ1v) is 4.01. The number of carbonyl (C=O) groups is 1. The minimum atomic E-state index is -0.712. The fourth-order valence-corrected chi connectivity index (χ4v) is 1.66. The van der Waals surface area contributed by atoms with E-state index in [4.69, 9.17) is 9.84 Å². The largest absolute Gasteiger partial charge is 0.481 e. The highest BCUT2D eigenvalue weighted by Crippen LogP contribution is 2.26. The smallest absolute Gasteiger partial charge is 0.309 e. The Hall–Kier alpha value is -0.570. The highest BCUT2D eigenvalue weighted by molar-refractivity contribution is 5.70. The van der Waals surface area contributed by atoms with Crippen LogP contribution in [0.5, 0.6) is 0 Å². The predicted molar refractivity (Wildman–Crippen MR) is 40.4 cm³/mol. The van der Waals surface area contributed by atoms with E-state index in [1.165, 1.54) is 0 Å². The Bertz CT molecular complexity index is 144. The summed E-state index contributed by atoms with van der Waals surface area (Å²) >= 11 is 0. The van der Waals surface area contributed by atoms with E-state index in [2.05, 4.69) is 0 Å². The molecule has 64 valence electrons. The minimum absolute atomic E-state index is 0.0544. The Balaban J connectivity index is 2.51. The molecule has 3 heteroatoms. The molecule has 2 unspecified atom stereocenters. The molecule has 0 radical (unpaired) electrons. The van der Waals surface area contributed by atoms with Crippen molar-refractivity contribution in [1.29, 1.82) is 0 Å². The van der Waals surface area contributed by atoms with Crippen LogP contribution in [0.4, 0.5) is 0 Å². The van der Waals surface area contributed by atoms with Gasteiger partial charge >= 0.3 is 5.97 Å². The highest BCUT2D eigenvalue weighted by Gasteiger charge is 2.30. The van der Waals surface area contributed by atoms with Gasteiger partial charge in [-0.15, -0.1) is 0 Å². The van der Waals surface area contributed by atoms with Crippen molar-refractivity contribution in [1.82, 2.24) is 0 Å². The van der Waals surface area contributed by atoms with Gasteiger partial charge in [-0.05, 0) is 12.8 Å². The van der Waals surface area contributed by atoms with E-state index in [1.54, 1.807) is 7.11 Å². The second-order valence-corrected chi connectivity index (χ2v) is 3.00. The van der Waals surface area contributed by atoms with Gasteiger partial charge in [0.2, 0.25) is 0 Å². The van der Waals surface area contributed by atoms with Gasteiger partial charge in [-0.1, -0.05) is 12.8 Å². The molecular formula is C8H14O3. The Morgan fingerprint density at radius 2 is 2.09 bits per heavy atom. The quantitative estimate of drug-likeness (QED) is 0.658. The number of carboxylic acid groups (broad SMARTS) is 1. The summed E-state index contributed by atoms with van der Waals surface area (Å²) in [5, 5.41) is 8.76. The van der Waals surface area contributed by atoms with Gasteiger partial charge in [-0.25, -0.2) is 0 Å². The van der Waals surface area contributed by atoms with Crippen LogP contribution in [-0.2, 0) is 9.53 Å². The molecule has 11 heavy (non-hydrogen) atoms. The van der Waals surface area contributed by atoms with Crippen LogP contribution in [0.2, 0.25) is 0 Å². The van der Waals surface area contributed by atoms with Crippen molar-refractivity contribution in [3.63, 3.8) is 0 Å². The van der Waals surface area contributed by atoms with Crippen LogP contribution in [0.25, 0.3) is 0 Å². The molecule has 1 aliphatic carbocycles. The Morgan fingerprint density at radius 3 is 2.55 bits per heavy atom. The average molecular weight is 158 g/mol. The summed E-state index contributed by atoms with van der Waals surface area (Å²) in [6.45, 7) is 0. The molecule has 1 rings (SSSR count). The number of rotatable bonds is 2. The van der Waals surface area contributed by atoms with Crippen molar-refractivity contribution >= 4 is 5.97 Å². The molecule has 0 aromatic rings. The topological polar surface area (TPSA) is 46.5 Å². The van der Waals surface area contributed by atoms with Gasteiger partial charge in [-0.3, -0.25) is 4.79 Å². The number of methoxy groups -OCH3 is 1. The van der Waals surface area contributed by atoms with E-state index in [1.807, 2.05) is 0 Å². The van der Waals surface area contributed by atoms with Crippen molar-refractivity contribution in [2.75, 3.05) is 7.11 Å². The van der Waals surface area contributed by atoms with Crippen LogP contribution < -0.4 is 0 Å². The first-order valence-electron chi connectivity index (χ1n) is 4.01. The lowest BCUT2D eigenvalue weighted by Crippen LogP contribution is -2.32. The molecule has 0 amide bonds. The normalized spacial score (nSPS) is 31.7. The molecule has 0 bridgehead atoms. The second-order valence-electron chi connectivity index (χ2n) is 3.00. The fraction of sp³-hybridized carbons (Fsp3) is 0.875. The fourth-order valence-electron chi connectivity index (χ4n) is 1.66. The number of aliphatic carboxylic acids is 1. The summed E-state index contributed by atoms with van der Waals surface area (Å²) in [5.74, 6) is -0.981. The van der Waals surface area contributed by atoms with Crippen LogP contribution >= 0.6 is 0 Å². The average Bonchev–Trinajstić information content (AvgIpc) is 2.04. The number of ether oxygens (including phenoxy) is 1. The molecule has 0 spiro atoms. The highest BCUT2D eigenvalue weighted by atomic mass is 16.5. The molecule has 1 saturated carbocycles. The first-order chi connectivity index (χ1) is 5.25. The maximum absolute atomic E-state index is 10.6. The van der Waals surface area contributed by atoms with E-state index < -0.39 is 5.97 Å². The molecule has 0 aromatic heterocycles. The van der Waals surface area contributed by atoms with Gasteiger partial charge in [-0.2, -0.15) is 0 Å². The van der Waals surface area contributed by atoms with Gasteiger partial charge in [0.25, 0.3) is 0 Å². The lowest BCUT2D eigenvalue weighted by Gasteiger charge is -2.26. The van der Waals surface area contributed by atoms with Gasteiger partial charge in [0.15, 0.2) is 0 Å². The first kappa shape index (κ1) is 8.53. The van der Waals surface area contributed by atoms with E-state index >= 15 is 0 Å². The summed E-state index contributed by atoms with van der Waals surface area (Å²) in [4.78, 5) is 10.6. The molecule has 3 nitrogen and oxygen atoms in total. The van der Waals surface area contributed by atoms with Crippen molar-refractivity contribution in [2.24, 2.45) is 5.92 Å². The molecule has 1 N–H and O–H groups in total. The third kappa shape index (κ3) is 1.93. The molecule has 0 aromatic carbocycles. The standard InChI is InChI=1S/C8H14O3/c1-11-7-5-3-2-4-6(7)8(9)10/h6-7H,2-5H2,1H3,(H,9,10). The van der Waals surface area contributed by atoms with E-state index in [0.717, 1.165) is 25.7 Å². The van der Waals surface area contributed by atoms with Gasteiger partial charge < -0.3 is 9.84 Å². The summed E-state index contributed by atoms with van der Waals surface area (Å²) in [6, 6.07) is 0. The summed E-state index contributed by atoms with van der Waals surface area (Å²) < 4.78 is 5.08. The van der Waals surface area contributed by atoms with Crippen LogP contribution in [0.1, 0.15) is 25.7 Å². The van der Waals surface area contributed by atoms with Gasteiger partial charge in [0.05, 0.1) is 12.0 Å². The third-order valence-electron chi connectivity index (χ3n) is 2.32. The maximum atomic E-state index is 10.6. The number of hydrogen-bond donors (Lipinski definition) is 1. The van der Waals surface area contributed by atoms with Crippen LogP contribution in [0.3, 0.4) is 0 Å². The zero-order chi connectivity index (χ0) is 8.27. The molecule has 1 aliphatic rings. The minimum Gasteiger partial charge on any atom is -0.481 e. The Kier molecular flexibility index (Phi) is 2.88. The predicted octanol–water partition coefficient (Wildman–Crippen LogP) is 1.28.